The zero-order chi connectivity index (χ0) is 16.4. The number of ether oxygens (including phenoxy) is 1. The van der Waals surface area contributed by atoms with Gasteiger partial charge in [-0.05, 0) is 36.6 Å². The topological polar surface area (TPSA) is 59.7 Å². The van der Waals surface area contributed by atoms with E-state index in [9.17, 15) is 4.79 Å². The van der Waals surface area contributed by atoms with Gasteiger partial charge in [-0.1, -0.05) is 36.4 Å². The van der Waals surface area contributed by atoms with Crippen LogP contribution in [-0.2, 0) is 11.3 Å². The number of esters is 1. The Morgan fingerprint density at radius 3 is 2.48 bits per heavy atom. The van der Waals surface area contributed by atoms with Crippen LogP contribution in [0.25, 0.3) is 22.1 Å². The molecule has 4 heteroatoms. The molecule has 1 heterocycles. The molecule has 0 aliphatic carbocycles. The van der Waals surface area contributed by atoms with Crippen molar-refractivity contribution in [3.8, 4) is 11.1 Å². The molecule has 0 aliphatic rings. The zero-order valence-corrected chi connectivity index (χ0v) is 13.1. The predicted octanol–water partition coefficient (Wildman–Crippen LogP) is 4.08. The van der Waals surface area contributed by atoms with E-state index in [0.29, 0.717) is 12.2 Å². The number of rotatable bonds is 4. The smallest absolute Gasteiger partial charge is 0.374 e. The summed E-state index contributed by atoms with van der Waals surface area (Å²) in [5.41, 5.74) is 4.34. The highest BCUT2D eigenvalue weighted by Crippen LogP contribution is 2.30. The van der Waals surface area contributed by atoms with Crippen LogP contribution in [0.2, 0.25) is 0 Å². The van der Waals surface area contributed by atoms with Gasteiger partial charge in [0.25, 0.3) is 0 Å². The molecule has 0 amide bonds. The van der Waals surface area contributed by atoms with Gasteiger partial charge in [-0.2, -0.15) is 0 Å². The van der Waals surface area contributed by atoms with E-state index >= 15 is 0 Å². The Balaban J connectivity index is 2.02. The van der Waals surface area contributed by atoms with E-state index in [1.165, 1.54) is 0 Å². The Bertz CT molecular complexity index is 844. The largest absolute Gasteiger partial charge is 0.460 e. The standard InChI is InChI=1S/C19H18O4/c1-3-22-19(21)18-12(2)16-9-8-15(10-17(16)23-18)14-6-4-13(11-20)5-7-14/h4-10,20H,3,11H2,1-2H3. The zero-order valence-electron chi connectivity index (χ0n) is 13.1. The van der Waals surface area contributed by atoms with Crippen LogP contribution in [0.1, 0.15) is 28.6 Å². The number of carbonyl (C=O) groups excluding carboxylic acids is 1. The summed E-state index contributed by atoms with van der Waals surface area (Å²) in [6.45, 7) is 3.97. The van der Waals surface area contributed by atoms with Crippen molar-refractivity contribution in [3.63, 3.8) is 0 Å². The fraction of sp³-hybridized carbons (Fsp3) is 0.211. The fourth-order valence-corrected chi connectivity index (χ4v) is 2.60. The number of hydrogen-bond donors (Lipinski definition) is 1. The molecule has 1 N–H and O–H groups in total. The lowest BCUT2D eigenvalue weighted by Gasteiger charge is -2.03. The van der Waals surface area contributed by atoms with Crippen molar-refractivity contribution in [1.82, 2.24) is 0 Å². The molecule has 2 aromatic carbocycles. The Hall–Kier alpha value is -2.59. The third-order valence-electron chi connectivity index (χ3n) is 3.87. The normalized spacial score (nSPS) is 10.9. The van der Waals surface area contributed by atoms with Crippen molar-refractivity contribution in [2.45, 2.75) is 20.5 Å². The van der Waals surface area contributed by atoms with Gasteiger partial charge in [0, 0.05) is 10.9 Å². The van der Waals surface area contributed by atoms with Crippen LogP contribution >= 0.6 is 0 Å². The third-order valence-corrected chi connectivity index (χ3v) is 3.87. The summed E-state index contributed by atoms with van der Waals surface area (Å²) in [4.78, 5) is 11.9. The average molecular weight is 310 g/mol. The first-order chi connectivity index (χ1) is 11.1. The lowest BCUT2D eigenvalue weighted by atomic mass is 10.0. The van der Waals surface area contributed by atoms with Crippen LogP contribution in [0.4, 0.5) is 0 Å². The van der Waals surface area contributed by atoms with Gasteiger partial charge < -0.3 is 14.3 Å². The highest BCUT2D eigenvalue weighted by molar-refractivity contribution is 5.97. The average Bonchev–Trinajstić information content (AvgIpc) is 2.91. The van der Waals surface area contributed by atoms with Crippen molar-refractivity contribution in [2.24, 2.45) is 0 Å². The number of carbonyl (C=O) groups is 1. The highest BCUT2D eigenvalue weighted by Gasteiger charge is 2.18. The summed E-state index contributed by atoms with van der Waals surface area (Å²) in [5, 5.41) is 10.0. The van der Waals surface area contributed by atoms with Crippen molar-refractivity contribution < 1.29 is 19.1 Å². The summed E-state index contributed by atoms with van der Waals surface area (Å²) >= 11 is 0. The molecule has 0 saturated carbocycles. The van der Waals surface area contributed by atoms with E-state index in [1.54, 1.807) is 6.92 Å². The summed E-state index contributed by atoms with van der Waals surface area (Å²) in [6.07, 6.45) is 0. The molecule has 3 aromatic rings. The molecule has 0 radical (unpaired) electrons. The minimum atomic E-state index is -0.435. The van der Waals surface area contributed by atoms with E-state index in [2.05, 4.69) is 0 Å². The minimum Gasteiger partial charge on any atom is -0.460 e. The van der Waals surface area contributed by atoms with Crippen molar-refractivity contribution in [1.29, 1.82) is 0 Å². The Morgan fingerprint density at radius 1 is 1.13 bits per heavy atom. The van der Waals surface area contributed by atoms with E-state index in [4.69, 9.17) is 14.3 Å². The first-order valence-corrected chi connectivity index (χ1v) is 7.54. The van der Waals surface area contributed by atoms with Gasteiger partial charge in [0.2, 0.25) is 5.76 Å². The Morgan fingerprint density at radius 2 is 1.83 bits per heavy atom. The van der Waals surface area contributed by atoms with Gasteiger partial charge in [-0.15, -0.1) is 0 Å². The van der Waals surface area contributed by atoms with Gasteiger partial charge in [0.1, 0.15) is 5.58 Å². The van der Waals surface area contributed by atoms with Crippen molar-refractivity contribution in [2.75, 3.05) is 6.61 Å². The highest BCUT2D eigenvalue weighted by atomic mass is 16.5. The molecule has 0 saturated heterocycles. The third kappa shape index (κ3) is 2.85. The van der Waals surface area contributed by atoms with Crippen LogP contribution in [-0.4, -0.2) is 17.7 Å². The van der Waals surface area contributed by atoms with Gasteiger partial charge in [-0.3, -0.25) is 0 Å². The predicted molar refractivity (Wildman–Crippen MR) is 88.3 cm³/mol. The molecule has 3 rings (SSSR count). The van der Waals surface area contributed by atoms with Gasteiger partial charge in [-0.25, -0.2) is 4.79 Å². The van der Waals surface area contributed by atoms with E-state index < -0.39 is 5.97 Å². The molecule has 23 heavy (non-hydrogen) atoms. The monoisotopic (exact) mass is 310 g/mol. The van der Waals surface area contributed by atoms with Gasteiger partial charge >= 0.3 is 5.97 Å². The second kappa shape index (κ2) is 6.26. The number of furan rings is 1. The van der Waals surface area contributed by atoms with Gasteiger partial charge in [0.15, 0.2) is 0 Å². The first-order valence-electron chi connectivity index (χ1n) is 7.54. The summed E-state index contributed by atoms with van der Waals surface area (Å²) < 4.78 is 10.7. The molecule has 0 aliphatic heterocycles. The molecule has 118 valence electrons. The fourth-order valence-electron chi connectivity index (χ4n) is 2.60. The first kappa shape index (κ1) is 15.3. The van der Waals surface area contributed by atoms with Crippen LogP contribution < -0.4 is 0 Å². The quantitative estimate of drug-likeness (QED) is 0.738. The minimum absolute atomic E-state index is 0.0274. The van der Waals surface area contributed by atoms with Crippen molar-refractivity contribution in [3.05, 3.63) is 59.4 Å². The number of aliphatic hydroxyl groups is 1. The number of benzene rings is 2. The van der Waals surface area contributed by atoms with E-state index in [-0.39, 0.29) is 12.4 Å². The van der Waals surface area contributed by atoms with Crippen LogP contribution in [0.3, 0.4) is 0 Å². The molecule has 0 fully saturated rings. The van der Waals surface area contributed by atoms with E-state index in [0.717, 1.165) is 27.6 Å². The summed E-state index contributed by atoms with van der Waals surface area (Å²) in [6, 6.07) is 13.5. The second-order valence-corrected chi connectivity index (χ2v) is 5.34. The Kier molecular flexibility index (Phi) is 4.17. The van der Waals surface area contributed by atoms with Crippen LogP contribution in [0.5, 0.6) is 0 Å². The summed E-state index contributed by atoms with van der Waals surface area (Å²) in [5.74, 6) is -0.176. The maximum atomic E-state index is 11.9. The van der Waals surface area contributed by atoms with E-state index in [1.807, 2.05) is 49.4 Å². The Labute approximate surface area is 134 Å². The lowest BCUT2D eigenvalue weighted by Crippen LogP contribution is -2.04. The van der Waals surface area contributed by atoms with Gasteiger partial charge in [0.05, 0.1) is 13.2 Å². The maximum absolute atomic E-state index is 11.9. The number of hydrogen-bond acceptors (Lipinski definition) is 4. The number of fused-ring (bicyclic) bond motifs is 1. The molecule has 4 nitrogen and oxygen atoms in total. The summed E-state index contributed by atoms with van der Waals surface area (Å²) in [7, 11) is 0. The van der Waals surface area contributed by atoms with Crippen LogP contribution in [0.15, 0.2) is 46.9 Å². The molecular weight excluding hydrogens is 292 g/mol. The molecule has 0 atom stereocenters. The number of aliphatic hydroxyl groups excluding tert-OH is 1. The molecular formula is C19H18O4. The molecule has 1 aromatic heterocycles. The molecule has 0 bridgehead atoms. The number of aryl methyl sites for hydroxylation is 1. The molecule has 0 spiro atoms. The van der Waals surface area contributed by atoms with Crippen LogP contribution in [0, 0.1) is 6.92 Å². The second-order valence-electron chi connectivity index (χ2n) is 5.34. The lowest BCUT2D eigenvalue weighted by molar-refractivity contribution is 0.0491. The SMILES string of the molecule is CCOC(=O)c1oc2cc(-c3ccc(CO)cc3)ccc2c1C. The molecule has 0 unspecified atom stereocenters. The van der Waals surface area contributed by atoms with Crippen molar-refractivity contribution >= 4 is 16.9 Å². The maximum Gasteiger partial charge on any atom is 0.374 e.